The Morgan fingerprint density at radius 1 is 0.714 bits per heavy atom. The molecule has 0 fully saturated rings. The predicted molar refractivity (Wildman–Crippen MR) is 120 cm³/mol. The number of rotatable bonds is 0. The van der Waals surface area contributed by atoms with Gasteiger partial charge in [0.05, 0.1) is 20.8 Å². The van der Waals surface area contributed by atoms with Crippen LogP contribution in [-0.2, 0) is 6.42 Å². The van der Waals surface area contributed by atoms with Crippen molar-refractivity contribution in [1.29, 1.82) is 0 Å². The molecule has 2 aromatic heterocycles. The standard InChI is InChI=1S/C24H16N2S2/c1-3-7-17-13(5-1)15-9-11-19-23(21(15)25-17)27-20-12-10-16-14-6-2-4-8-18(14)26-22(16)24(20)28-19/h1-3,5-7,9-12,25-26H,4,8H2. The second-order valence-electron chi connectivity index (χ2n) is 7.46. The number of allylic oxidation sites excluding steroid dienone is 1. The number of aromatic nitrogens is 2. The number of benzene rings is 3. The molecule has 0 spiro atoms. The van der Waals surface area contributed by atoms with Crippen LogP contribution in [-0.4, -0.2) is 9.97 Å². The van der Waals surface area contributed by atoms with Crippen LogP contribution in [0.1, 0.15) is 17.7 Å². The molecule has 4 heteroatoms. The van der Waals surface area contributed by atoms with Crippen molar-refractivity contribution in [2.45, 2.75) is 32.4 Å². The van der Waals surface area contributed by atoms with E-state index in [0.29, 0.717) is 0 Å². The molecule has 2 nitrogen and oxygen atoms in total. The molecule has 2 N–H and O–H groups in total. The molecule has 134 valence electrons. The fourth-order valence-electron chi connectivity index (χ4n) is 4.57. The summed E-state index contributed by atoms with van der Waals surface area (Å²) in [6.45, 7) is 0. The van der Waals surface area contributed by atoms with E-state index in [-0.39, 0.29) is 0 Å². The summed E-state index contributed by atoms with van der Waals surface area (Å²) in [5, 5.41) is 3.97. The highest BCUT2D eigenvalue weighted by molar-refractivity contribution is 8.05. The van der Waals surface area contributed by atoms with Crippen molar-refractivity contribution in [2.24, 2.45) is 0 Å². The van der Waals surface area contributed by atoms with Crippen LogP contribution in [0.3, 0.4) is 0 Å². The first kappa shape index (κ1) is 15.4. The largest absolute Gasteiger partial charge is 0.357 e. The quantitative estimate of drug-likeness (QED) is 0.281. The van der Waals surface area contributed by atoms with Crippen LogP contribution in [0.15, 0.2) is 74.2 Å². The van der Waals surface area contributed by atoms with Crippen LogP contribution >= 0.6 is 23.5 Å². The number of para-hydroxylation sites is 1. The van der Waals surface area contributed by atoms with Crippen LogP contribution in [0, 0.1) is 0 Å². The molecule has 0 saturated heterocycles. The lowest BCUT2D eigenvalue weighted by atomic mass is 10.0. The molecule has 2 aliphatic rings. The van der Waals surface area contributed by atoms with Crippen LogP contribution in [0.5, 0.6) is 0 Å². The minimum atomic E-state index is 1.11. The van der Waals surface area contributed by atoms with Gasteiger partial charge in [-0.25, -0.2) is 0 Å². The van der Waals surface area contributed by atoms with Crippen LogP contribution in [0.2, 0.25) is 0 Å². The van der Waals surface area contributed by atoms with E-state index < -0.39 is 0 Å². The van der Waals surface area contributed by atoms with Crippen molar-refractivity contribution in [3.63, 3.8) is 0 Å². The molecular weight excluding hydrogens is 380 g/mol. The second kappa shape index (κ2) is 5.49. The lowest BCUT2D eigenvalue weighted by molar-refractivity contribution is 0.948. The number of hydrogen-bond acceptors (Lipinski definition) is 2. The summed E-state index contributed by atoms with van der Waals surface area (Å²) >= 11 is 3.80. The minimum Gasteiger partial charge on any atom is -0.357 e. The van der Waals surface area contributed by atoms with E-state index >= 15 is 0 Å². The maximum atomic E-state index is 3.74. The maximum Gasteiger partial charge on any atom is 0.0618 e. The molecular formula is C24H16N2S2. The fraction of sp³-hybridized carbons (Fsp3) is 0.0833. The van der Waals surface area contributed by atoms with E-state index in [9.17, 15) is 0 Å². The molecule has 0 bridgehead atoms. The third-order valence-corrected chi connectivity index (χ3v) is 8.52. The Bertz CT molecular complexity index is 1470. The average Bonchev–Trinajstić information content (AvgIpc) is 3.31. The van der Waals surface area contributed by atoms with E-state index in [1.165, 1.54) is 63.5 Å². The Morgan fingerprint density at radius 3 is 2.32 bits per heavy atom. The Kier molecular flexibility index (Phi) is 3.02. The lowest BCUT2D eigenvalue weighted by Gasteiger charge is -2.19. The third-order valence-electron chi connectivity index (χ3n) is 5.88. The number of aromatic amines is 2. The van der Waals surface area contributed by atoms with Gasteiger partial charge in [-0.3, -0.25) is 0 Å². The summed E-state index contributed by atoms with van der Waals surface area (Å²) < 4.78 is 0. The highest BCUT2D eigenvalue weighted by Crippen LogP contribution is 2.53. The van der Waals surface area contributed by atoms with Gasteiger partial charge in [0.2, 0.25) is 0 Å². The van der Waals surface area contributed by atoms with Gasteiger partial charge in [0.15, 0.2) is 0 Å². The maximum absolute atomic E-state index is 3.74. The summed E-state index contributed by atoms with van der Waals surface area (Å²) in [6.07, 6.45) is 6.82. The second-order valence-corrected chi connectivity index (χ2v) is 9.57. The molecule has 28 heavy (non-hydrogen) atoms. The van der Waals surface area contributed by atoms with E-state index in [0.717, 1.165) is 12.8 Å². The SMILES string of the molecule is C1=Cc2c([nH]c3c4c(ccc23)Sc2c(ccc3c2[nH]c2ccccc23)S4)CC1. The topological polar surface area (TPSA) is 31.6 Å². The van der Waals surface area contributed by atoms with Gasteiger partial charge in [0.1, 0.15) is 0 Å². The lowest BCUT2D eigenvalue weighted by Crippen LogP contribution is -1.92. The number of aryl methyl sites for hydroxylation is 1. The first-order chi connectivity index (χ1) is 13.9. The zero-order valence-corrected chi connectivity index (χ0v) is 16.6. The Balaban J connectivity index is 1.46. The summed E-state index contributed by atoms with van der Waals surface area (Å²) in [4.78, 5) is 12.8. The summed E-state index contributed by atoms with van der Waals surface area (Å²) in [6, 6.07) is 17.7. The van der Waals surface area contributed by atoms with Gasteiger partial charge in [-0.1, -0.05) is 66.0 Å². The van der Waals surface area contributed by atoms with Crippen LogP contribution in [0.25, 0.3) is 38.8 Å². The fourth-order valence-corrected chi connectivity index (χ4v) is 7.03. The van der Waals surface area contributed by atoms with Crippen molar-refractivity contribution in [3.05, 3.63) is 65.9 Å². The van der Waals surface area contributed by atoms with E-state index in [1.54, 1.807) is 0 Å². The van der Waals surface area contributed by atoms with Gasteiger partial charge in [-0.15, -0.1) is 0 Å². The van der Waals surface area contributed by atoms with Crippen molar-refractivity contribution >= 4 is 62.3 Å². The van der Waals surface area contributed by atoms with Crippen LogP contribution in [0.4, 0.5) is 0 Å². The molecule has 0 amide bonds. The molecule has 0 atom stereocenters. The Morgan fingerprint density at radius 2 is 1.46 bits per heavy atom. The van der Waals surface area contributed by atoms with Gasteiger partial charge in [0, 0.05) is 42.7 Å². The first-order valence-corrected chi connectivity index (χ1v) is 11.2. The summed E-state index contributed by atoms with van der Waals surface area (Å²) in [7, 11) is 0. The number of nitrogens with one attached hydrogen (secondary N) is 2. The Hall–Kier alpha value is -2.56. The van der Waals surface area contributed by atoms with Crippen molar-refractivity contribution < 1.29 is 0 Å². The number of fused-ring (bicyclic) bond motifs is 10. The Labute approximate surface area is 170 Å². The van der Waals surface area contributed by atoms with E-state index in [2.05, 4.69) is 70.7 Å². The highest BCUT2D eigenvalue weighted by atomic mass is 32.2. The zero-order valence-electron chi connectivity index (χ0n) is 15.0. The molecule has 1 aliphatic heterocycles. The van der Waals surface area contributed by atoms with Gasteiger partial charge in [-0.2, -0.15) is 0 Å². The molecule has 7 rings (SSSR count). The van der Waals surface area contributed by atoms with Gasteiger partial charge < -0.3 is 9.97 Å². The molecule has 3 heterocycles. The van der Waals surface area contributed by atoms with Gasteiger partial charge in [-0.05, 0) is 31.0 Å². The average molecular weight is 397 g/mol. The molecule has 1 aliphatic carbocycles. The van der Waals surface area contributed by atoms with Crippen molar-refractivity contribution in [2.75, 3.05) is 0 Å². The molecule has 3 aromatic carbocycles. The normalized spacial score (nSPS) is 15.1. The molecule has 0 radical (unpaired) electrons. The molecule has 0 saturated carbocycles. The smallest absolute Gasteiger partial charge is 0.0618 e. The van der Waals surface area contributed by atoms with Gasteiger partial charge in [0.25, 0.3) is 0 Å². The van der Waals surface area contributed by atoms with E-state index in [1.807, 2.05) is 23.5 Å². The zero-order chi connectivity index (χ0) is 18.2. The van der Waals surface area contributed by atoms with Crippen LogP contribution < -0.4 is 0 Å². The monoisotopic (exact) mass is 396 g/mol. The summed E-state index contributed by atoms with van der Waals surface area (Å²) in [5.74, 6) is 0. The van der Waals surface area contributed by atoms with Crippen molar-refractivity contribution in [3.8, 4) is 0 Å². The minimum absolute atomic E-state index is 1.11. The predicted octanol–water partition coefficient (Wildman–Crippen LogP) is 7.38. The number of H-pyrrole nitrogens is 2. The van der Waals surface area contributed by atoms with Crippen molar-refractivity contribution in [1.82, 2.24) is 9.97 Å². The first-order valence-electron chi connectivity index (χ1n) is 9.60. The third kappa shape index (κ3) is 1.97. The number of hydrogen-bond donors (Lipinski definition) is 2. The highest BCUT2D eigenvalue weighted by Gasteiger charge is 2.25. The molecule has 5 aromatic rings. The summed E-state index contributed by atoms with van der Waals surface area (Å²) in [5.41, 5.74) is 6.53. The van der Waals surface area contributed by atoms with E-state index in [4.69, 9.17) is 0 Å². The van der Waals surface area contributed by atoms with Gasteiger partial charge >= 0.3 is 0 Å². The molecule has 0 unspecified atom stereocenters.